The summed E-state index contributed by atoms with van der Waals surface area (Å²) < 4.78 is 38.6. The summed E-state index contributed by atoms with van der Waals surface area (Å²) in [5.41, 5.74) is 0. The lowest BCUT2D eigenvalue weighted by Crippen LogP contribution is -2.55. The van der Waals surface area contributed by atoms with Crippen molar-refractivity contribution in [3.63, 3.8) is 0 Å². The zero-order valence-electron chi connectivity index (χ0n) is 20.1. The predicted octanol–water partition coefficient (Wildman–Crippen LogP) is 2.21. The highest BCUT2D eigenvalue weighted by atomic mass is 32.2. The van der Waals surface area contributed by atoms with Crippen LogP contribution in [0.5, 0.6) is 5.75 Å². The Balaban J connectivity index is 1.69. The molecule has 0 unspecified atom stereocenters. The Morgan fingerprint density at radius 3 is 2.41 bits per heavy atom. The molecule has 9 nitrogen and oxygen atoms in total. The molecule has 1 aromatic rings. The van der Waals surface area contributed by atoms with Gasteiger partial charge in [0, 0.05) is 19.2 Å². The number of rotatable bonds is 11. The fourth-order valence-electron chi connectivity index (χ4n) is 4.60. The van der Waals surface area contributed by atoms with E-state index in [1.807, 2.05) is 6.92 Å². The molecule has 3 rings (SSSR count). The van der Waals surface area contributed by atoms with Gasteiger partial charge in [-0.1, -0.05) is 26.2 Å². The molecule has 0 bridgehead atoms. The van der Waals surface area contributed by atoms with Gasteiger partial charge in [-0.15, -0.1) is 0 Å². The number of amides is 2. The predicted molar refractivity (Wildman–Crippen MR) is 128 cm³/mol. The molecule has 1 aliphatic heterocycles. The smallest absolute Gasteiger partial charge is 0.243 e. The Hall–Kier alpha value is -2.17. The number of methoxy groups -OCH3 is 1. The van der Waals surface area contributed by atoms with Gasteiger partial charge in [-0.3, -0.25) is 9.59 Å². The Kier molecular flexibility index (Phi) is 9.73. The number of nitrogens with zero attached hydrogens (tertiary/aromatic N) is 1. The van der Waals surface area contributed by atoms with Gasteiger partial charge in [0.2, 0.25) is 21.8 Å². The first kappa shape index (κ1) is 26.4. The van der Waals surface area contributed by atoms with Crippen LogP contribution in [0.1, 0.15) is 58.3 Å². The van der Waals surface area contributed by atoms with Gasteiger partial charge in [-0.25, -0.2) is 13.1 Å². The highest BCUT2D eigenvalue weighted by Gasteiger charge is 2.33. The zero-order chi connectivity index (χ0) is 24.6. The summed E-state index contributed by atoms with van der Waals surface area (Å²) in [6.45, 7) is 2.32. The van der Waals surface area contributed by atoms with Crippen LogP contribution >= 0.6 is 0 Å². The SMILES string of the molecule is CC[C@@H](C(=O)NC1CCCCC1)N(C[C@H]1CCCO1)C(=O)CNS(=O)(=O)c1ccc(OC)cc1. The number of hydrogen-bond donors (Lipinski definition) is 2. The quantitative estimate of drug-likeness (QED) is 0.487. The van der Waals surface area contributed by atoms with E-state index in [1.165, 1.54) is 30.6 Å². The molecule has 0 spiro atoms. The van der Waals surface area contributed by atoms with Crippen LogP contribution in [0.25, 0.3) is 0 Å². The maximum atomic E-state index is 13.2. The van der Waals surface area contributed by atoms with E-state index in [2.05, 4.69) is 10.0 Å². The van der Waals surface area contributed by atoms with Crippen molar-refractivity contribution in [1.29, 1.82) is 0 Å². The maximum absolute atomic E-state index is 13.2. The monoisotopic (exact) mass is 495 g/mol. The van der Waals surface area contributed by atoms with Crippen LogP contribution in [-0.4, -0.2) is 70.1 Å². The van der Waals surface area contributed by atoms with E-state index >= 15 is 0 Å². The van der Waals surface area contributed by atoms with Crippen LogP contribution < -0.4 is 14.8 Å². The minimum absolute atomic E-state index is 0.0360. The standard InChI is InChI=1S/C24H37N3O6S/c1-3-22(24(29)26-18-8-5-4-6-9-18)27(17-20-10-7-15-33-20)23(28)16-25-34(30,31)21-13-11-19(32-2)12-14-21/h11-14,18,20,22,25H,3-10,15-17H2,1-2H3,(H,26,29)/t20-,22+/m1/s1. The Labute approximate surface area is 202 Å². The van der Waals surface area contributed by atoms with Crippen molar-refractivity contribution in [3.05, 3.63) is 24.3 Å². The number of hydrogen-bond acceptors (Lipinski definition) is 6. The van der Waals surface area contributed by atoms with Crippen LogP contribution in [0.3, 0.4) is 0 Å². The molecule has 10 heteroatoms. The van der Waals surface area contributed by atoms with E-state index in [-0.39, 0.29) is 29.5 Å². The first-order valence-corrected chi connectivity index (χ1v) is 13.7. The maximum Gasteiger partial charge on any atom is 0.243 e. The summed E-state index contributed by atoms with van der Waals surface area (Å²) >= 11 is 0. The zero-order valence-corrected chi connectivity index (χ0v) is 20.9. The molecule has 2 N–H and O–H groups in total. The lowest BCUT2D eigenvalue weighted by Gasteiger charge is -2.34. The summed E-state index contributed by atoms with van der Waals surface area (Å²) in [6.07, 6.45) is 7.25. The van der Waals surface area contributed by atoms with Crippen molar-refractivity contribution in [1.82, 2.24) is 14.9 Å². The summed E-state index contributed by atoms with van der Waals surface area (Å²) in [7, 11) is -2.40. The van der Waals surface area contributed by atoms with E-state index in [4.69, 9.17) is 9.47 Å². The minimum Gasteiger partial charge on any atom is -0.497 e. The second-order valence-corrected chi connectivity index (χ2v) is 10.7. The van der Waals surface area contributed by atoms with E-state index < -0.39 is 28.5 Å². The number of ether oxygens (including phenoxy) is 2. The Morgan fingerprint density at radius 1 is 1.12 bits per heavy atom. The Bertz CT molecular complexity index is 909. The molecule has 1 aliphatic carbocycles. The van der Waals surface area contributed by atoms with Crippen LogP contribution in [0.2, 0.25) is 0 Å². The van der Waals surface area contributed by atoms with Gasteiger partial charge in [0.25, 0.3) is 0 Å². The molecule has 1 heterocycles. The molecule has 190 valence electrons. The van der Waals surface area contributed by atoms with Gasteiger partial charge in [0.05, 0.1) is 24.7 Å². The molecule has 2 aliphatic rings. The molecule has 1 saturated heterocycles. The third-order valence-corrected chi connectivity index (χ3v) is 7.96. The summed E-state index contributed by atoms with van der Waals surface area (Å²) in [4.78, 5) is 27.9. The van der Waals surface area contributed by atoms with Crippen molar-refractivity contribution in [2.24, 2.45) is 0 Å². The molecule has 2 atom stereocenters. The van der Waals surface area contributed by atoms with Crippen molar-refractivity contribution < 1.29 is 27.5 Å². The van der Waals surface area contributed by atoms with Crippen molar-refractivity contribution in [2.45, 2.75) is 81.4 Å². The lowest BCUT2D eigenvalue weighted by molar-refractivity contribution is -0.141. The third kappa shape index (κ3) is 7.16. The van der Waals surface area contributed by atoms with Gasteiger partial charge in [-0.2, -0.15) is 0 Å². The third-order valence-electron chi connectivity index (χ3n) is 6.54. The van der Waals surface area contributed by atoms with Gasteiger partial charge >= 0.3 is 0 Å². The molecular formula is C24H37N3O6S. The van der Waals surface area contributed by atoms with Gasteiger partial charge in [0.15, 0.2) is 0 Å². The molecule has 2 fully saturated rings. The number of benzene rings is 1. The van der Waals surface area contributed by atoms with Gasteiger partial charge in [0.1, 0.15) is 11.8 Å². The number of carbonyl (C=O) groups is 2. The van der Waals surface area contributed by atoms with E-state index in [1.54, 1.807) is 12.1 Å². The highest BCUT2D eigenvalue weighted by molar-refractivity contribution is 7.89. The Morgan fingerprint density at radius 2 is 1.82 bits per heavy atom. The largest absolute Gasteiger partial charge is 0.497 e. The highest BCUT2D eigenvalue weighted by Crippen LogP contribution is 2.20. The summed E-state index contributed by atoms with van der Waals surface area (Å²) in [5.74, 6) is -0.0930. The minimum atomic E-state index is -3.90. The van der Waals surface area contributed by atoms with Crippen molar-refractivity contribution in [3.8, 4) is 5.75 Å². The molecule has 34 heavy (non-hydrogen) atoms. The summed E-state index contributed by atoms with van der Waals surface area (Å²) in [5, 5.41) is 3.11. The van der Waals surface area contributed by atoms with Crippen molar-refractivity contribution in [2.75, 3.05) is 26.8 Å². The fraction of sp³-hybridized carbons (Fsp3) is 0.667. The topological polar surface area (TPSA) is 114 Å². The average Bonchev–Trinajstić information content (AvgIpc) is 3.36. The normalized spacial score (nSPS) is 20.0. The first-order valence-electron chi connectivity index (χ1n) is 12.2. The number of nitrogens with one attached hydrogen (secondary N) is 2. The number of carbonyl (C=O) groups excluding carboxylic acids is 2. The second kappa shape index (κ2) is 12.5. The molecule has 0 radical (unpaired) electrons. The molecular weight excluding hydrogens is 458 g/mol. The average molecular weight is 496 g/mol. The fourth-order valence-corrected chi connectivity index (χ4v) is 5.57. The first-order chi connectivity index (χ1) is 16.3. The van der Waals surface area contributed by atoms with Crippen LogP contribution in [0.4, 0.5) is 0 Å². The molecule has 2 amide bonds. The molecule has 0 aromatic heterocycles. The van der Waals surface area contributed by atoms with Gasteiger partial charge in [-0.05, 0) is 56.4 Å². The van der Waals surface area contributed by atoms with Crippen molar-refractivity contribution >= 4 is 21.8 Å². The number of sulfonamides is 1. The van der Waals surface area contributed by atoms with Crippen LogP contribution in [0.15, 0.2) is 29.2 Å². The van der Waals surface area contributed by atoms with Crippen LogP contribution in [-0.2, 0) is 24.3 Å². The van der Waals surface area contributed by atoms with Gasteiger partial charge < -0.3 is 19.7 Å². The lowest BCUT2D eigenvalue weighted by atomic mass is 9.95. The van der Waals surface area contributed by atoms with E-state index in [0.29, 0.717) is 18.8 Å². The molecule has 1 saturated carbocycles. The van der Waals surface area contributed by atoms with E-state index in [0.717, 1.165) is 38.5 Å². The van der Waals surface area contributed by atoms with Crippen LogP contribution in [0, 0.1) is 0 Å². The second-order valence-electron chi connectivity index (χ2n) is 8.95. The van der Waals surface area contributed by atoms with E-state index in [9.17, 15) is 18.0 Å². The summed E-state index contributed by atoms with van der Waals surface area (Å²) in [6, 6.07) is 5.38. The molecule has 1 aromatic carbocycles.